The summed E-state index contributed by atoms with van der Waals surface area (Å²) < 4.78 is 5.35. The molecule has 116 valence electrons. The van der Waals surface area contributed by atoms with Crippen molar-refractivity contribution in [2.45, 2.75) is 13.0 Å². The number of aromatic nitrogens is 2. The second-order valence-corrected chi connectivity index (χ2v) is 4.99. The summed E-state index contributed by atoms with van der Waals surface area (Å²) in [5, 5.41) is 10.6. The number of hydrogen-bond acceptors (Lipinski definition) is 5. The lowest BCUT2D eigenvalue weighted by atomic mass is 10.2. The Morgan fingerprint density at radius 1 is 1.22 bits per heavy atom. The second kappa shape index (κ2) is 5.88. The average Bonchev–Trinajstić information content (AvgIpc) is 2.99. The molecule has 7 nitrogen and oxygen atoms in total. The van der Waals surface area contributed by atoms with E-state index in [1.807, 2.05) is 24.3 Å². The predicted octanol–water partition coefficient (Wildman–Crippen LogP) is 3.39. The van der Waals surface area contributed by atoms with Gasteiger partial charge in [-0.25, -0.2) is 9.78 Å². The van der Waals surface area contributed by atoms with Crippen LogP contribution in [0.15, 0.2) is 48.5 Å². The molecule has 2 aromatic carbocycles. The van der Waals surface area contributed by atoms with Crippen molar-refractivity contribution in [2.75, 3.05) is 0 Å². The largest absolute Gasteiger partial charge is 0.451 e. The van der Waals surface area contributed by atoms with Crippen LogP contribution in [0.25, 0.3) is 11.0 Å². The average molecular weight is 311 g/mol. The third-order valence-electron chi connectivity index (χ3n) is 3.39. The van der Waals surface area contributed by atoms with Gasteiger partial charge in [0.25, 0.3) is 5.69 Å². The molecule has 1 N–H and O–H groups in total. The first-order valence-corrected chi connectivity index (χ1v) is 6.94. The zero-order valence-corrected chi connectivity index (χ0v) is 12.2. The molecule has 0 saturated carbocycles. The van der Waals surface area contributed by atoms with Gasteiger partial charge in [0.2, 0.25) is 0 Å². The van der Waals surface area contributed by atoms with Crippen LogP contribution in [0.4, 0.5) is 5.69 Å². The lowest BCUT2D eigenvalue weighted by Crippen LogP contribution is -2.10. The monoisotopic (exact) mass is 311 g/mol. The molecule has 3 rings (SSSR count). The normalized spacial score (nSPS) is 12.0. The van der Waals surface area contributed by atoms with Gasteiger partial charge in [0, 0.05) is 12.1 Å². The summed E-state index contributed by atoms with van der Waals surface area (Å²) >= 11 is 0. The fourth-order valence-corrected chi connectivity index (χ4v) is 2.17. The van der Waals surface area contributed by atoms with Crippen LogP contribution in [-0.2, 0) is 4.74 Å². The Morgan fingerprint density at radius 2 is 1.91 bits per heavy atom. The van der Waals surface area contributed by atoms with Crippen molar-refractivity contribution in [3.8, 4) is 0 Å². The highest BCUT2D eigenvalue weighted by Gasteiger charge is 2.17. The number of H-pyrrole nitrogens is 1. The van der Waals surface area contributed by atoms with Gasteiger partial charge < -0.3 is 9.72 Å². The van der Waals surface area contributed by atoms with Crippen molar-refractivity contribution in [1.82, 2.24) is 9.97 Å². The van der Waals surface area contributed by atoms with Crippen LogP contribution in [0.5, 0.6) is 0 Å². The molecule has 0 amide bonds. The summed E-state index contributed by atoms with van der Waals surface area (Å²) in [6.45, 7) is 1.71. The van der Waals surface area contributed by atoms with E-state index in [4.69, 9.17) is 4.74 Å². The first-order valence-electron chi connectivity index (χ1n) is 6.94. The van der Waals surface area contributed by atoms with Gasteiger partial charge in [-0.15, -0.1) is 0 Å². The number of imidazole rings is 1. The molecule has 1 aromatic heterocycles. The number of para-hydroxylation sites is 2. The van der Waals surface area contributed by atoms with Crippen molar-refractivity contribution in [2.24, 2.45) is 0 Å². The smallest absolute Gasteiger partial charge is 0.338 e. The van der Waals surface area contributed by atoms with Gasteiger partial charge in [0.05, 0.1) is 21.5 Å². The minimum atomic E-state index is -0.565. The molecule has 0 radical (unpaired) electrons. The Hall–Kier alpha value is -3.22. The van der Waals surface area contributed by atoms with E-state index < -0.39 is 17.0 Å². The molecule has 1 heterocycles. The van der Waals surface area contributed by atoms with Gasteiger partial charge in [-0.2, -0.15) is 0 Å². The van der Waals surface area contributed by atoms with Crippen molar-refractivity contribution in [3.05, 3.63) is 70.0 Å². The minimum Gasteiger partial charge on any atom is -0.451 e. The van der Waals surface area contributed by atoms with Crippen molar-refractivity contribution in [3.63, 3.8) is 0 Å². The Kier molecular flexibility index (Phi) is 3.76. The van der Waals surface area contributed by atoms with Crippen molar-refractivity contribution in [1.29, 1.82) is 0 Å². The van der Waals surface area contributed by atoms with Crippen LogP contribution in [0, 0.1) is 10.1 Å². The molecule has 3 aromatic rings. The SMILES string of the molecule is C[C@@H](OC(=O)c1ccc([N+](=O)[O-])cc1)c1nc2ccccc2[nH]1. The topological polar surface area (TPSA) is 98.1 Å². The maximum Gasteiger partial charge on any atom is 0.338 e. The Morgan fingerprint density at radius 3 is 2.57 bits per heavy atom. The third kappa shape index (κ3) is 3.03. The standard InChI is InChI=1S/C16H13N3O4/c1-10(15-17-13-4-2-3-5-14(13)18-15)23-16(20)11-6-8-12(9-7-11)19(21)22/h2-10H,1H3,(H,17,18)/t10-/m1/s1. The molecule has 0 aliphatic heterocycles. The number of ether oxygens (including phenoxy) is 1. The number of esters is 1. The van der Waals surface area contributed by atoms with Gasteiger partial charge in [-0.1, -0.05) is 12.1 Å². The highest BCUT2D eigenvalue weighted by Crippen LogP contribution is 2.20. The molecule has 0 aliphatic carbocycles. The van der Waals surface area contributed by atoms with E-state index in [-0.39, 0.29) is 11.3 Å². The van der Waals surface area contributed by atoms with Gasteiger partial charge in [0.1, 0.15) is 5.82 Å². The summed E-state index contributed by atoms with van der Waals surface area (Å²) in [5.74, 6) is -0.0192. The first kappa shape index (κ1) is 14.7. The predicted molar refractivity (Wildman–Crippen MR) is 83.0 cm³/mol. The van der Waals surface area contributed by atoms with Crippen molar-refractivity contribution >= 4 is 22.7 Å². The van der Waals surface area contributed by atoms with Crippen LogP contribution in [-0.4, -0.2) is 20.9 Å². The highest BCUT2D eigenvalue weighted by atomic mass is 16.6. The number of carbonyl (C=O) groups excluding carboxylic acids is 1. The highest BCUT2D eigenvalue weighted by molar-refractivity contribution is 5.89. The van der Waals surface area contributed by atoms with E-state index in [0.717, 1.165) is 11.0 Å². The summed E-state index contributed by atoms with van der Waals surface area (Å²) in [4.78, 5) is 29.6. The number of fused-ring (bicyclic) bond motifs is 1. The molecule has 0 saturated heterocycles. The summed E-state index contributed by atoms with van der Waals surface area (Å²) in [7, 11) is 0. The number of non-ortho nitro benzene ring substituents is 1. The molecule has 23 heavy (non-hydrogen) atoms. The number of aromatic amines is 1. The number of hydrogen-bond donors (Lipinski definition) is 1. The number of rotatable bonds is 4. The number of nitrogens with one attached hydrogen (secondary N) is 1. The number of nitro groups is 1. The molecule has 7 heteroatoms. The van der Waals surface area contributed by atoms with E-state index >= 15 is 0 Å². The van der Waals surface area contributed by atoms with Crippen molar-refractivity contribution < 1.29 is 14.5 Å². The number of carbonyl (C=O) groups is 1. The molecule has 0 bridgehead atoms. The molecular formula is C16H13N3O4. The van der Waals surface area contributed by atoms with Gasteiger partial charge >= 0.3 is 5.97 Å². The number of nitro benzene ring substituents is 1. The van der Waals surface area contributed by atoms with E-state index in [0.29, 0.717) is 5.82 Å². The van der Waals surface area contributed by atoms with Gasteiger partial charge in [-0.3, -0.25) is 10.1 Å². The fraction of sp³-hybridized carbons (Fsp3) is 0.125. The quantitative estimate of drug-likeness (QED) is 0.452. The Labute approximate surface area is 131 Å². The maximum atomic E-state index is 12.1. The van der Waals surface area contributed by atoms with E-state index in [2.05, 4.69) is 9.97 Å². The van der Waals surface area contributed by atoms with E-state index in [9.17, 15) is 14.9 Å². The van der Waals surface area contributed by atoms with E-state index in [1.54, 1.807) is 6.92 Å². The van der Waals surface area contributed by atoms with Crippen LogP contribution in [0.2, 0.25) is 0 Å². The lowest BCUT2D eigenvalue weighted by molar-refractivity contribution is -0.384. The Bertz CT molecular complexity index is 837. The molecule has 0 spiro atoms. The molecule has 0 fully saturated rings. The van der Waals surface area contributed by atoms with Crippen LogP contribution < -0.4 is 0 Å². The van der Waals surface area contributed by atoms with E-state index in [1.165, 1.54) is 24.3 Å². The molecular weight excluding hydrogens is 298 g/mol. The van der Waals surface area contributed by atoms with Crippen LogP contribution in [0.3, 0.4) is 0 Å². The first-order chi connectivity index (χ1) is 11.0. The Balaban J connectivity index is 1.74. The summed E-state index contributed by atoms with van der Waals surface area (Å²) in [6.07, 6.45) is -0.565. The number of benzene rings is 2. The zero-order valence-electron chi connectivity index (χ0n) is 12.2. The van der Waals surface area contributed by atoms with Gasteiger partial charge in [0.15, 0.2) is 6.10 Å². The van der Waals surface area contributed by atoms with Gasteiger partial charge in [-0.05, 0) is 31.2 Å². The fourth-order valence-electron chi connectivity index (χ4n) is 2.17. The third-order valence-corrected chi connectivity index (χ3v) is 3.39. The second-order valence-electron chi connectivity index (χ2n) is 4.99. The molecule has 0 unspecified atom stereocenters. The lowest BCUT2D eigenvalue weighted by Gasteiger charge is -2.10. The minimum absolute atomic E-state index is 0.0770. The summed E-state index contributed by atoms with van der Waals surface area (Å²) in [5.41, 5.74) is 1.83. The molecule has 0 aliphatic rings. The number of nitrogens with zero attached hydrogens (tertiary/aromatic N) is 2. The molecule has 1 atom stereocenters. The van der Waals surface area contributed by atoms with Crippen LogP contribution in [0.1, 0.15) is 29.2 Å². The van der Waals surface area contributed by atoms with Crippen LogP contribution >= 0.6 is 0 Å². The zero-order chi connectivity index (χ0) is 16.4. The summed E-state index contributed by atoms with van der Waals surface area (Å²) in [6, 6.07) is 12.8. The maximum absolute atomic E-state index is 12.1.